The Morgan fingerprint density at radius 1 is 1.27 bits per heavy atom. The Labute approximate surface area is 69.5 Å². The van der Waals surface area contributed by atoms with Crippen LogP contribution in [-0.4, -0.2) is 13.9 Å². The number of carbonyl (C=O) groups excluding carboxylic acids is 1. The van der Waals surface area contributed by atoms with Gasteiger partial charge in [-0.2, -0.15) is 0 Å². The molecular formula is C9H16OSi. The fraction of sp³-hybridized carbons (Fsp3) is 0.667. The van der Waals surface area contributed by atoms with Crippen molar-refractivity contribution in [1.82, 2.24) is 0 Å². The van der Waals surface area contributed by atoms with E-state index in [9.17, 15) is 4.79 Å². The fourth-order valence-electron chi connectivity index (χ4n) is 1.38. The van der Waals surface area contributed by atoms with E-state index in [0.29, 0.717) is 5.78 Å². The van der Waals surface area contributed by atoms with Gasteiger partial charge in [0.1, 0.15) is 0 Å². The van der Waals surface area contributed by atoms with Crippen LogP contribution in [0.1, 0.15) is 19.3 Å². The predicted molar refractivity (Wildman–Crippen MR) is 50.3 cm³/mol. The molecule has 0 fully saturated rings. The lowest BCUT2D eigenvalue weighted by molar-refractivity contribution is -0.115. The molecule has 0 unspecified atom stereocenters. The quantitative estimate of drug-likeness (QED) is 0.550. The van der Waals surface area contributed by atoms with Gasteiger partial charge in [-0.05, 0) is 18.9 Å². The van der Waals surface area contributed by atoms with Gasteiger partial charge in [-0.15, -0.1) is 0 Å². The number of hydrogen-bond acceptors (Lipinski definition) is 1. The molecule has 0 heterocycles. The standard InChI is InChI=1S/C9H16OSi/c1-11(2,3)9-6-4-5-8(10)7-9/h7H,4-6H2,1-3H3. The van der Waals surface area contributed by atoms with Gasteiger partial charge in [0.05, 0.1) is 8.07 Å². The van der Waals surface area contributed by atoms with Crippen LogP contribution >= 0.6 is 0 Å². The summed E-state index contributed by atoms with van der Waals surface area (Å²) in [5.41, 5.74) is 0. The molecule has 0 aromatic carbocycles. The van der Waals surface area contributed by atoms with Gasteiger partial charge in [0, 0.05) is 6.42 Å². The second-order valence-electron chi connectivity index (χ2n) is 4.24. The van der Waals surface area contributed by atoms with E-state index in [-0.39, 0.29) is 0 Å². The highest BCUT2D eigenvalue weighted by atomic mass is 28.3. The molecule has 1 aliphatic carbocycles. The smallest absolute Gasteiger partial charge is 0.155 e. The van der Waals surface area contributed by atoms with Crippen LogP contribution in [0.2, 0.25) is 19.6 Å². The molecule has 0 aromatic heterocycles. The first-order chi connectivity index (χ1) is 5.00. The molecule has 0 radical (unpaired) electrons. The molecule has 62 valence electrons. The van der Waals surface area contributed by atoms with Crippen molar-refractivity contribution < 1.29 is 4.79 Å². The summed E-state index contributed by atoms with van der Waals surface area (Å²) in [4.78, 5) is 11.1. The summed E-state index contributed by atoms with van der Waals surface area (Å²) in [6.45, 7) is 6.91. The van der Waals surface area contributed by atoms with Gasteiger partial charge < -0.3 is 0 Å². The second kappa shape index (κ2) is 2.93. The van der Waals surface area contributed by atoms with Crippen molar-refractivity contribution >= 4 is 13.9 Å². The summed E-state index contributed by atoms with van der Waals surface area (Å²) in [6, 6.07) is 0. The minimum absolute atomic E-state index is 0.341. The lowest BCUT2D eigenvalue weighted by Crippen LogP contribution is -2.26. The van der Waals surface area contributed by atoms with Crippen LogP contribution in [-0.2, 0) is 4.79 Å². The molecule has 0 saturated carbocycles. The Kier molecular flexibility index (Phi) is 2.33. The van der Waals surface area contributed by atoms with Gasteiger partial charge in [0.2, 0.25) is 0 Å². The van der Waals surface area contributed by atoms with Crippen LogP contribution in [0.4, 0.5) is 0 Å². The first-order valence-electron chi connectivity index (χ1n) is 4.24. The summed E-state index contributed by atoms with van der Waals surface area (Å²) in [6.07, 6.45) is 4.92. The summed E-state index contributed by atoms with van der Waals surface area (Å²) >= 11 is 0. The van der Waals surface area contributed by atoms with Crippen molar-refractivity contribution in [3.05, 3.63) is 11.3 Å². The van der Waals surface area contributed by atoms with Gasteiger partial charge in [-0.3, -0.25) is 4.79 Å². The monoisotopic (exact) mass is 168 g/mol. The average Bonchev–Trinajstić information content (AvgIpc) is 1.86. The Morgan fingerprint density at radius 3 is 2.27 bits per heavy atom. The zero-order chi connectivity index (χ0) is 8.48. The summed E-state index contributed by atoms with van der Waals surface area (Å²) in [5, 5.41) is 1.45. The molecule has 0 N–H and O–H groups in total. The van der Waals surface area contributed by atoms with Gasteiger partial charge in [0.15, 0.2) is 5.78 Å². The number of rotatable bonds is 1. The summed E-state index contributed by atoms with van der Waals surface area (Å²) in [5.74, 6) is 0.341. The molecule has 1 nitrogen and oxygen atoms in total. The Morgan fingerprint density at radius 2 is 1.91 bits per heavy atom. The maximum Gasteiger partial charge on any atom is 0.155 e. The van der Waals surface area contributed by atoms with E-state index in [0.717, 1.165) is 12.8 Å². The molecule has 11 heavy (non-hydrogen) atoms. The zero-order valence-corrected chi connectivity index (χ0v) is 8.61. The highest BCUT2D eigenvalue weighted by Gasteiger charge is 2.22. The van der Waals surface area contributed by atoms with E-state index >= 15 is 0 Å². The van der Waals surface area contributed by atoms with E-state index in [1.807, 2.05) is 6.08 Å². The molecule has 0 amide bonds. The van der Waals surface area contributed by atoms with Crippen molar-refractivity contribution in [3.8, 4) is 0 Å². The normalized spacial score (nSPS) is 19.9. The van der Waals surface area contributed by atoms with E-state index in [1.54, 1.807) is 0 Å². The number of carbonyl (C=O) groups is 1. The molecule has 0 aliphatic heterocycles. The first-order valence-corrected chi connectivity index (χ1v) is 7.74. The van der Waals surface area contributed by atoms with Crippen LogP contribution in [0.3, 0.4) is 0 Å². The molecule has 1 aliphatic rings. The largest absolute Gasteiger partial charge is 0.295 e. The lowest BCUT2D eigenvalue weighted by atomic mass is 10.1. The second-order valence-corrected chi connectivity index (χ2v) is 9.38. The van der Waals surface area contributed by atoms with E-state index in [1.165, 1.54) is 11.6 Å². The van der Waals surface area contributed by atoms with Crippen molar-refractivity contribution in [2.45, 2.75) is 38.9 Å². The highest BCUT2D eigenvalue weighted by molar-refractivity contribution is 6.83. The average molecular weight is 168 g/mol. The number of hydrogen-bond donors (Lipinski definition) is 0. The van der Waals surface area contributed by atoms with E-state index < -0.39 is 8.07 Å². The number of allylic oxidation sites excluding steroid dienone is 2. The van der Waals surface area contributed by atoms with Crippen LogP contribution < -0.4 is 0 Å². The first kappa shape index (κ1) is 8.72. The van der Waals surface area contributed by atoms with Crippen molar-refractivity contribution in [3.63, 3.8) is 0 Å². The van der Waals surface area contributed by atoms with Crippen LogP contribution in [0, 0.1) is 0 Å². The molecule has 0 spiro atoms. The summed E-state index contributed by atoms with van der Waals surface area (Å²) in [7, 11) is -1.16. The maximum absolute atomic E-state index is 11.1. The topological polar surface area (TPSA) is 17.1 Å². The van der Waals surface area contributed by atoms with Crippen LogP contribution in [0.25, 0.3) is 0 Å². The predicted octanol–water partition coefficient (Wildman–Crippen LogP) is 2.54. The molecule has 0 saturated heterocycles. The summed E-state index contributed by atoms with van der Waals surface area (Å²) < 4.78 is 0. The highest BCUT2D eigenvalue weighted by Crippen LogP contribution is 2.24. The van der Waals surface area contributed by atoms with Gasteiger partial charge in [0.25, 0.3) is 0 Å². The maximum atomic E-state index is 11.1. The van der Waals surface area contributed by atoms with Gasteiger partial charge in [-0.25, -0.2) is 0 Å². The van der Waals surface area contributed by atoms with Crippen LogP contribution in [0.5, 0.6) is 0 Å². The molecule has 0 atom stereocenters. The SMILES string of the molecule is C[Si](C)(C)C1=CC(=O)CCC1. The third-order valence-electron chi connectivity index (χ3n) is 2.17. The molecule has 0 bridgehead atoms. The third-order valence-corrected chi connectivity index (χ3v) is 4.49. The van der Waals surface area contributed by atoms with Crippen LogP contribution in [0.15, 0.2) is 11.3 Å². The van der Waals surface area contributed by atoms with Gasteiger partial charge >= 0.3 is 0 Å². The molecule has 0 aromatic rings. The van der Waals surface area contributed by atoms with Crippen molar-refractivity contribution in [2.24, 2.45) is 0 Å². The van der Waals surface area contributed by atoms with Crippen molar-refractivity contribution in [2.75, 3.05) is 0 Å². The zero-order valence-electron chi connectivity index (χ0n) is 7.61. The minimum atomic E-state index is -1.16. The third kappa shape index (κ3) is 2.29. The molecular weight excluding hydrogens is 152 g/mol. The fourth-order valence-corrected chi connectivity index (χ4v) is 2.90. The Hall–Kier alpha value is -0.373. The minimum Gasteiger partial charge on any atom is -0.295 e. The molecule has 2 heteroatoms. The Bertz CT molecular complexity index is 198. The van der Waals surface area contributed by atoms with Crippen molar-refractivity contribution in [1.29, 1.82) is 0 Å². The Balaban J connectivity index is 2.79. The van der Waals surface area contributed by atoms with E-state index in [4.69, 9.17) is 0 Å². The molecule has 1 rings (SSSR count). The lowest BCUT2D eigenvalue weighted by Gasteiger charge is -2.23. The van der Waals surface area contributed by atoms with Gasteiger partial charge in [-0.1, -0.05) is 24.8 Å². The number of ketones is 1. The van der Waals surface area contributed by atoms with E-state index in [2.05, 4.69) is 19.6 Å².